The van der Waals surface area contributed by atoms with Gasteiger partial charge in [-0.15, -0.1) is 11.3 Å². The van der Waals surface area contributed by atoms with Crippen molar-refractivity contribution in [1.82, 2.24) is 4.98 Å². The molecule has 1 heterocycles. The van der Waals surface area contributed by atoms with E-state index in [0.29, 0.717) is 6.54 Å². The molecule has 0 atom stereocenters. The Hall–Kier alpha value is -1.68. The van der Waals surface area contributed by atoms with Crippen LogP contribution in [0.15, 0.2) is 40.8 Å². The highest BCUT2D eigenvalue weighted by atomic mass is 32.1. The van der Waals surface area contributed by atoms with E-state index in [9.17, 15) is 0 Å². The number of thiazole rings is 1. The molecule has 0 radical (unpaired) electrons. The third kappa shape index (κ3) is 2.90. The van der Waals surface area contributed by atoms with Gasteiger partial charge in [0.05, 0.1) is 19.9 Å². The zero-order chi connectivity index (χ0) is 11.2. The summed E-state index contributed by atoms with van der Waals surface area (Å²) in [4.78, 5) is 8.45. The molecule has 0 spiro atoms. The van der Waals surface area contributed by atoms with E-state index in [4.69, 9.17) is 4.74 Å². The van der Waals surface area contributed by atoms with Gasteiger partial charge in [0.1, 0.15) is 10.8 Å². The van der Waals surface area contributed by atoms with E-state index in [2.05, 4.69) is 9.98 Å². The topological polar surface area (TPSA) is 34.5 Å². The highest BCUT2D eigenvalue weighted by molar-refractivity contribution is 7.11. The van der Waals surface area contributed by atoms with Gasteiger partial charge in [0.25, 0.3) is 0 Å². The van der Waals surface area contributed by atoms with Crippen molar-refractivity contribution in [2.45, 2.75) is 6.54 Å². The van der Waals surface area contributed by atoms with Crippen molar-refractivity contribution in [3.05, 3.63) is 46.4 Å². The van der Waals surface area contributed by atoms with Crippen LogP contribution >= 0.6 is 11.3 Å². The van der Waals surface area contributed by atoms with Gasteiger partial charge < -0.3 is 4.74 Å². The molecule has 0 unspecified atom stereocenters. The lowest BCUT2D eigenvalue weighted by atomic mass is 10.2. The van der Waals surface area contributed by atoms with Crippen LogP contribution in [0.4, 0.5) is 0 Å². The molecule has 2 aromatic rings. The largest absolute Gasteiger partial charge is 0.497 e. The predicted molar refractivity (Wildman–Crippen MR) is 66.4 cm³/mol. The molecule has 0 saturated heterocycles. The lowest BCUT2D eigenvalue weighted by Crippen LogP contribution is -1.85. The minimum absolute atomic E-state index is 0.670. The van der Waals surface area contributed by atoms with Crippen molar-refractivity contribution in [2.24, 2.45) is 4.99 Å². The van der Waals surface area contributed by atoms with Crippen LogP contribution in [-0.4, -0.2) is 18.3 Å². The second-order valence-electron chi connectivity index (χ2n) is 3.19. The van der Waals surface area contributed by atoms with Crippen molar-refractivity contribution < 1.29 is 4.74 Å². The van der Waals surface area contributed by atoms with E-state index in [1.54, 1.807) is 30.9 Å². The van der Waals surface area contributed by atoms with Crippen LogP contribution in [0.3, 0.4) is 0 Å². The summed E-state index contributed by atoms with van der Waals surface area (Å²) in [6.07, 6.45) is 3.58. The lowest BCUT2D eigenvalue weighted by Gasteiger charge is -2.00. The molecule has 0 aliphatic carbocycles. The number of nitrogens with zero attached hydrogens (tertiary/aromatic N) is 2. The van der Waals surface area contributed by atoms with Gasteiger partial charge in [-0.2, -0.15) is 0 Å². The average Bonchev–Trinajstić information content (AvgIpc) is 2.83. The minimum Gasteiger partial charge on any atom is -0.497 e. The summed E-state index contributed by atoms with van der Waals surface area (Å²) in [6, 6.07) is 7.90. The number of hydrogen-bond donors (Lipinski definition) is 0. The molecule has 0 saturated carbocycles. The first kappa shape index (κ1) is 10.8. The summed E-state index contributed by atoms with van der Waals surface area (Å²) >= 11 is 1.58. The molecule has 0 fully saturated rings. The molecule has 16 heavy (non-hydrogen) atoms. The standard InChI is InChI=1S/C12H12N2OS/c1-15-11-4-2-10(3-5-11)8-13-9-12-14-6-7-16-12/h2-7,9H,8H2,1H3. The first-order valence-corrected chi connectivity index (χ1v) is 5.79. The number of benzene rings is 1. The van der Waals surface area contributed by atoms with Gasteiger partial charge in [-0.1, -0.05) is 12.1 Å². The maximum Gasteiger partial charge on any atom is 0.133 e. The molecular formula is C12H12N2OS. The summed E-state index contributed by atoms with van der Waals surface area (Å²) in [5.41, 5.74) is 1.16. The average molecular weight is 232 g/mol. The third-order valence-corrected chi connectivity index (χ3v) is 2.80. The summed E-state index contributed by atoms with van der Waals surface area (Å²) in [5.74, 6) is 0.868. The van der Waals surface area contributed by atoms with Crippen molar-refractivity contribution in [1.29, 1.82) is 0 Å². The quantitative estimate of drug-likeness (QED) is 0.760. The molecule has 0 aliphatic heterocycles. The zero-order valence-corrected chi connectivity index (χ0v) is 9.78. The molecule has 0 amide bonds. The number of ether oxygens (including phenoxy) is 1. The molecule has 3 nitrogen and oxygen atoms in total. The molecule has 1 aromatic heterocycles. The van der Waals surface area contributed by atoms with Gasteiger partial charge in [-0.3, -0.25) is 4.99 Å². The van der Waals surface area contributed by atoms with Crippen LogP contribution in [0, 0.1) is 0 Å². The SMILES string of the molecule is COc1ccc(CN=Cc2nccs2)cc1. The Bertz CT molecular complexity index is 448. The number of aromatic nitrogens is 1. The molecule has 4 heteroatoms. The van der Waals surface area contributed by atoms with Crippen LogP contribution in [0.2, 0.25) is 0 Å². The molecule has 0 bridgehead atoms. The minimum atomic E-state index is 0.670. The molecule has 0 N–H and O–H groups in total. The fraction of sp³-hybridized carbons (Fsp3) is 0.167. The van der Waals surface area contributed by atoms with Gasteiger partial charge >= 0.3 is 0 Å². The van der Waals surface area contributed by atoms with Gasteiger partial charge in [-0.25, -0.2) is 4.98 Å². The molecule has 2 rings (SSSR count). The fourth-order valence-corrected chi connectivity index (χ4v) is 1.78. The second-order valence-corrected chi connectivity index (χ2v) is 4.11. The number of rotatable bonds is 4. The van der Waals surface area contributed by atoms with Gasteiger partial charge in [0.15, 0.2) is 0 Å². The van der Waals surface area contributed by atoms with E-state index in [0.717, 1.165) is 16.3 Å². The van der Waals surface area contributed by atoms with Crippen molar-refractivity contribution >= 4 is 17.6 Å². The Kier molecular flexibility index (Phi) is 3.66. The van der Waals surface area contributed by atoms with Crippen LogP contribution in [0.1, 0.15) is 10.6 Å². The normalized spacial score (nSPS) is 10.8. The Morgan fingerprint density at radius 1 is 1.38 bits per heavy atom. The summed E-state index contributed by atoms with van der Waals surface area (Å²) in [6.45, 7) is 0.670. The molecule has 82 valence electrons. The lowest BCUT2D eigenvalue weighted by molar-refractivity contribution is 0.414. The van der Waals surface area contributed by atoms with Crippen LogP contribution in [0.5, 0.6) is 5.75 Å². The van der Waals surface area contributed by atoms with E-state index in [1.807, 2.05) is 29.6 Å². The van der Waals surface area contributed by atoms with Crippen LogP contribution in [-0.2, 0) is 6.54 Å². The number of hydrogen-bond acceptors (Lipinski definition) is 4. The van der Waals surface area contributed by atoms with Gasteiger partial charge in [0.2, 0.25) is 0 Å². The highest BCUT2D eigenvalue weighted by Gasteiger charge is 1.93. The van der Waals surface area contributed by atoms with Crippen molar-refractivity contribution in [2.75, 3.05) is 7.11 Å². The molecular weight excluding hydrogens is 220 g/mol. The Balaban J connectivity index is 1.94. The number of methoxy groups -OCH3 is 1. The fourth-order valence-electron chi connectivity index (χ4n) is 1.26. The Morgan fingerprint density at radius 2 is 2.19 bits per heavy atom. The Labute approximate surface area is 98.5 Å². The highest BCUT2D eigenvalue weighted by Crippen LogP contribution is 2.11. The van der Waals surface area contributed by atoms with E-state index in [-0.39, 0.29) is 0 Å². The monoisotopic (exact) mass is 232 g/mol. The predicted octanol–water partition coefficient (Wildman–Crippen LogP) is 2.77. The second kappa shape index (κ2) is 5.42. The maximum absolute atomic E-state index is 5.09. The first-order valence-electron chi connectivity index (χ1n) is 4.91. The summed E-state index contributed by atoms with van der Waals surface area (Å²) in [7, 11) is 1.66. The van der Waals surface area contributed by atoms with Crippen molar-refractivity contribution in [3.63, 3.8) is 0 Å². The smallest absolute Gasteiger partial charge is 0.133 e. The number of aliphatic imine (C=N–C) groups is 1. The summed E-state index contributed by atoms with van der Waals surface area (Å²) < 4.78 is 5.09. The van der Waals surface area contributed by atoms with Gasteiger partial charge in [-0.05, 0) is 17.7 Å². The van der Waals surface area contributed by atoms with Crippen LogP contribution in [0.25, 0.3) is 0 Å². The van der Waals surface area contributed by atoms with E-state index >= 15 is 0 Å². The zero-order valence-electron chi connectivity index (χ0n) is 8.96. The van der Waals surface area contributed by atoms with E-state index < -0.39 is 0 Å². The Morgan fingerprint density at radius 3 is 2.81 bits per heavy atom. The maximum atomic E-state index is 5.09. The molecule has 1 aromatic carbocycles. The first-order chi connectivity index (χ1) is 7.88. The van der Waals surface area contributed by atoms with Gasteiger partial charge in [0, 0.05) is 11.6 Å². The molecule has 0 aliphatic rings. The van der Waals surface area contributed by atoms with E-state index in [1.165, 1.54) is 0 Å². The van der Waals surface area contributed by atoms with Crippen molar-refractivity contribution in [3.8, 4) is 5.75 Å². The van der Waals surface area contributed by atoms with Crippen LogP contribution < -0.4 is 4.74 Å². The summed E-state index contributed by atoms with van der Waals surface area (Å²) in [5, 5.41) is 2.88. The third-order valence-electron chi connectivity index (χ3n) is 2.09.